The van der Waals surface area contributed by atoms with Crippen molar-refractivity contribution in [3.63, 3.8) is 0 Å². The van der Waals surface area contributed by atoms with E-state index in [2.05, 4.69) is 26.0 Å². The number of fused-ring (bicyclic) bond motifs is 7. The first kappa shape index (κ1) is 27.3. The molecule has 5 aliphatic heterocycles. The van der Waals surface area contributed by atoms with Crippen molar-refractivity contribution < 1.29 is 19.0 Å². The first-order valence-electron chi connectivity index (χ1n) is 16.1. The van der Waals surface area contributed by atoms with Crippen LogP contribution in [0, 0.1) is 24.1 Å². The average molecular weight is 607 g/mol. The maximum atomic E-state index is 16.9. The van der Waals surface area contributed by atoms with Crippen LogP contribution in [0.3, 0.4) is 0 Å². The highest BCUT2D eigenvalue weighted by atomic mass is 19.1. The van der Waals surface area contributed by atoms with Gasteiger partial charge >= 0.3 is 6.01 Å². The third kappa shape index (κ3) is 4.28. The lowest BCUT2D eigenvalue weighted by atomic mass is 9.90. The lowest BCUT2D eigenvalue weighted by Gasteiger charge is -2.35. The van der Waals surface area contributed by atoms with Gasteiger partial charge in [0.2, 0.25) is 0 Å². The van der Waals surface area contributed by atoms with E-state index in [1.54, 1.807) is 12.3 Å². The number of pyridine rings is 1. The number of aromatic hydroxyl groups is 1. The molecule has 2 N–H and O–H groups in total. The molecule has 10 heteroatoms. The molecule has 2 aromatic carbocycles. The van der Waals surface area contributed by atoms with Gasteiger partial charge in [-0.3, -0.25) is 9.88 Å². The summed E-state index contributed by atoms with van der Waals surface area (Å²) in [4.78, 5) is 19.1. The summed E-state index contributed by atoms with van der Waals surface area (Å²) in [6, 6.07) is 9.96. The van der Waals surface area contributed by atoms with E-state index in [0.29, 0.717) is 63.8 Å². The normalized spacial score (nSPS) is 28.9. The molecule has 0 unspecified atom stereocenters. The van der Waals surface area contributed by atoms with Gasteiger partial charge in [0.05, 0.1) is 24.1 Å². The molecule has 0 radical (unpaired) electrons. The Kier molecular flexibility index (Phi) is 6.21. The molecular weight excluding hydrogens is 571 g/mol. The van der Waals surface area contributed by atoms with E-state index in [0.717, 1.165) is 65.0 Å². The van der Waals surface area contributed by atoms with E-state index < -0.39 is 5.82 Å². The number of terminal acetylenes is 1. The van der Waals surface area contributed by atoms with Gasteiger partial charge in [-0.15, -0.1) is 6.42 Å². The quantitative estimate of drug-likeness (QED) is 0.324. The molecule has 0 saturated carbocycles. The van der Waals surface area contributed by atoms with E-state index in [1.165, 1.54) is 6.07 Å². The van der Waals surface area contributed by atoms with Crippen molar-refractivity contribution in [3.05, 3.63) is 47.9 Å². The Balaban J connectivity index is 1.16. The summed E-state index contributed by atoms with van der Waals surface area (Å²) in [5.41, 5.74) is 1.17. The fourth-order valence-corrected chi connectivity index (χ4v) is 8.93. The highest BCUT2D eigenvalue weighted by Gasteiger charge is 2.56. The molecule has 2 bridgehead atoms. The van der Waals surface area contributed by atoms with Crippen molar-refractivity contribution >= 4 is 27.5 Å². The van der Waals surface area contributed by atoms with Gasteiger partial charge in [0, 0.05) is 59.8 Å². The molecular formula is C35H35FN6O3. The fourth-order valence-electron chi connectivity index (χ4n) is 8.93. The molecule has 230 valence electrons. The molecule has 5 fully saturated rings. The monoisotopic (exact) mass is 606 g/mol. The standard InChI is InChI=1S/C35H35FN6O3/c1-2-20-5-3-6-21-11-25(43)12-26(29(20)21)31-30(36)32-27(14-37-31)33(41-15-23-7-8-24(16-41)38-23)40-34(39-32)45-19-35-9-4-10-42(35)28-18-44-17-22(28)13-35/h1,3,5-6,11-12,14,22-24,28,38,43H,4,7-10,13,15-19H2/t22-,23-,24+,28+,35-/m1/s1. The highest BCUT2D eigenvalue weighted by Crippen LogP contribution is 2.48. The molecule has 45 heavy (non-hydrogen) atoms. The first-order valence-corrected chi connectivity index (χ1v) is 16.1. The maximum absolute atomic E-state index is 16.9. The number of benzene rings is 2. The number of anilines is 1. The van der Waals surface area contributed by atoms with Crippen molar-refractivity contribution in [3.8, 4) is 35.4 Å². The zero-order valence-corrected chi connectivity index (χ0v) is 25.0. The molecule has 0 aliphatic carbocycles. The summed E-state index contributed by atoms with van der Waals surface area (Å²) < 4.78 is 29.2. The number of hydrogen-bond acceptors (Lipinski definition) is 9. The molecule has 0 spiro atoms. The third-order valence-electron chi connectivity index (χ3n) is 10.9. The average Bonchev–Trinajstić information content (AvgIpc) is 3.81. The minimum Gasteiger partial charge on any atom is -0.508 e. The Morgan fingerprint density at radius 1 is 1.18 bits per heavy atom. The molecule has 9 rings (SSSR count). The van der Waals surface area contributed by atoms with E-state index in [1.807, 2.05) is 18.2 Å². The second kappa shape index (κ2) is 10.2. The Bertz CT molecular complexity index is 1880. The number of halogens is 1. The van der Waals surface area contributed by atoms with Crippen LogP contribution in [0.4, 0.5) is 10.2 Å². The van der Waals surface area contributed by atoms with Gasteiger partial charge in [0.15, 0.2) is 5.82 Å². The minimum atomic E-state index is -0.592. The lowest BCUT2D eigenvalue weighted by molar-refractivity contribution is 0.0582. The van der Waals surface area contributed by atoms with Gasteiger partial charge < -0.3 is 24.8 Å². The smallest absolute Gasteiger partial charge is 0.319 e. The van der Waals surface area contributed by atoms with Crippen LogP contribution in [0.25, 0.3) is 32.9 Å². The third-order valence-corrected chi connectivity index (χ3v) is 10.9. The predicted octanol–water partition coefficient (Wildman–Crippen LogP) is 4.24. The zero-order valence-electron chi connectivity index (χ0n) is 25.0. The predicted molar refractivity (Wildman–Crippen MR) is 169 cm³/mol. The summed E-state index contributed by atoms with van der Waals surface area (Å²) in [6.45, 7) is 4.63. The number of hydrogen-bond donors (Lipinski definition) is 2. The molecule has 7 heterocycles. The first-order chi connectivity index (χ1) is 22.0. The van der Waals surface area contributed by atoms with Crippen LogP contribution < -0.4 is 15.0 Å². The molecule has 5 atom stereocenters. The van der Waals surface area contributed by atoms with Gasteiger partial charge in [-0.25, -0.2) is 4.39 Å². The van der Waals surface area contributed by atoms with Crippen LogP contribution in [-0.4, -0.2) is 88.1 Å². The Labute approximate surface area is 260 Å². The summed E-state index contributed by atoms with van der Waals surface area (Å²) in [5, 5.41) is 16.2. The molecule has 0 amide bonds. The van der Waals surface area contributed by atoms with Crippen molar-refractivity contribution in [1.82, 2.24) is 25.2 Å². The van der Waals surface area contributed by atoms with E-state index in [9.17, 15) is 5.11 Å². The number of nitrogens with one attached hydrogen (secondary N) is 1. The van der Waals surface area contributed by atoms with Gasteiger partial charge in [-0.1, -0.05) is 18.1 Å². The van der Waals surface area contributed by atoms with Crippen molar-refractivity contribution in [1.29, 1.82) is 0 Å². The molecule has 5 saturated heterocycles. The van der Waals surface area contributed by atoms with E-state index in [-0.39, 0.29) is 28.5 Å². The van der Waals surface area contributed by atoms with E-state index in [4.69, 9.17) is 25.9 Å². The van der Waals surface area contributed by atoms with Crippen molar-refractivity contribution in [2.45, 2.75) is 55.8 Å². The summed E-state index contributed by atoms with van der Waals surface area (Å²) >= 11 is 0. The fraction of sp³-hybridized carbons (Fsp3) is 0.457. The highest BCUT2D eigenvalue weighted by molar-refractivity contribution is 6.02. The number of rotatable bonds is 5. The molecule has 5 aliphatic rings. The molecule has 2 aromatic heterocycles. The summed E-state index contributed by atoms with van der Waals surface area (Å²) in [6.07, 6.45) is 12.9. The maximum Gasteiger partial charge on any atom is 0.319 e. The van der Waals surface area contributed by atoms with Crippen LogP contribution in [0.1, 0.15) is 37.7 Å². The Morgan fingerprint density at radius 2 is 2.04 bits per heavy atom. The van der Waals surface area contributed by atoms with Crippen LogP contribution in [0.15, 0.2) is 36.5 Å². The van der Waals surface area contributed by atoms with Crippen molar-refractivity contribution in [2.75, 3.05) is 44.4 Å². The SMILES string of the molecule is C#Cc1cccc2cc(O)cc(-c3ncc4c(N5C[C@H]6CC[C@@H](C5)N6)nc(OC[C@]56CCCN5[C@H]5COC[C@H]5C6)nc4c3F)c12. The number of nitrogens with zero attached hydrogens (tertiary/aromatic N) is 5. The second-order valence-corrected chi connectivity index (χ2v) is 13.5. The number of phenols is 1. The summed E-state index contributed by atoms with van der Waals surface area (Å²) in [5.74, 6) is 3.29. The number of ether oxygens (including phenoxy) is 2. The summed E-state index contributed by atoms with van der Waals surface area (Å²) in [7, 11) is 0. The van der Waals surface area contributed by atoms with Gasteiger partial charge in [0.1, 0.15) is 29.4 Å². The van der Waals surface area contributed by atoms with Crippen LogP contribution in [0.5, 0.6) is 11.8 Å². The second-order valence-electron chi connectivity index (χ2n) is 13.5. The Hall–Kier alpha value is -4.04. The topological polar surface area (TPSA) is 95.9 Å². The Morgan fingerprint density at radius 3 is 2.89 bits per heavy atom. The minimum absolute atomic E-state index is 0.00348. The molecule has 9 nitrogen and oxygen atoms in total. The van der Waals surface area contributed by atoms with Crippen LogP contribution >= 0.6 is 0 Å². The number of piperazine rings is 1. The van der Waals surface area contributed by atoms with Gasteiger partial charge in [-0.05, 0) is 62.2 Å². The lowest BCUT2D eigenvalue weighted by Crippen LogP contribution is -2.51. The largest absolute Gasteiger partial charge is 0.508 e. The van der Waals surface area contributed by atoms with Gasteiger partial charge in [0.25, 0.3) is 0 Å². The number of aromatic nitrogens is 3. The van der Waals surface area contributed by atoms with Gasteiger partial charge in [-0.2, -0.15) is 9.97 Å². The number of phenolic OH excluding ortho intramolecular Hbond substituents is 1. The zero-order chi connectivity index (χ0) is 30.3. The molecule has 4 aromatic rings. The van der Waals surface area contributed by atoms with Crippen molar-refractivity contribution in [2.24, 2.45) is 5.92 Å². The van der Waals surface area contributed by atoms with E-state index >= 15 is 4.39 Å². The van der Waals surface area contributed by atoms with Crippen LogP contribution in [-0.2, 0) is 4.74 Å². The van der Waals surface area contributed by atoms with Crippen LogP contribution in [0.2, 0.25) is 0 Å².